The van der Waals surface area contributed by atoms with Gasteiger partial charge in [0.2, 0.25) is 0 Å². The van der Waals surface area contributed by atoms with E-state index in [1.54, 1.807) is 0 Å². The molecule has 1 saturated heterocycles. The molecule has 0 bridgehead atoms. The predicted molar refractivity (Wildman–Crippen MR) is 82.7 cm³/mol. The fourth-order valence-electron chi connectivity index (χ4n) is 2.71. The summed E-state index contributed by atoms with van der Waals surface area (Å²) in [5, 5.41) is 3.45. The van der Waals surface area contributed by atoms with Crippen molar-refractivity contribution in [3.8, 4) is 0 Å². The zero-order valence-electron chi connectivity index (χ0n) is 12.2. The molecule has 21 heavy (non-hydrogen) atoms. The van der Waals surface area contributed by atoms with Crippen LogP contribution in [0.3, 0.4) is 0 Å². The number of nitrogens with one attached hydrogen (secondary N) is 1. The average Bonchev–Trinajstić information content (AvgIpc) is 2.45. The van der Waals surface area contributed by atoms with E-state index in [2.05, 4.69) is 40.0 Å². The number of nitrogens with zero attached hydrogens (tertiary/aromatic N) is 1. The number of anilines is 1. The smallest absolute Gasteiger partial charge is 0.365 e. The van der Waals surface area contributed by atoms with Crippen LogP contribution in [0.2, 0.25) is 0 Å². The van der Waals surface area contributed by atoms with Gasteiger partial charge in [-0.2, -0.15) is 13.2 Å². The summed E-state index contributed by atoms with van der Waals surface area (Å²) in [4.78, 5) is 2.10. The van der Waals surface area contributed by atoms with E-state index < -0.39 is 11.7 Å². The minimum absolute atomic E-state index is 0.215. The highest BCUT2D eigenvalue weighted by Crippen LogP contribution is 2.37. The highest BCUT2D eigenvalue weighted by atomic mass is 79.9. The number of rotatable bonds is 3. The number of piperazine rings is 1. The fourth-order valence-corrected chi connectivity index (χ4v) is 3.18. The molecule has 0 aliphatic carbocycles. The number of halogens is 4. The molecule has 0 amide bonds. The second-order valence-electron chi connectivity index (χ2n) is 5.39. The van der Waals surface area contributed by atoms with Crippen molar-refractivity contribution >= 4 is 21.6 Å². The van der Waals surface area contributed by atoms with E-state index in [0.29, 0.717) is 16.2 Å². The van der Waals surface area contributed by atoms with Gasteiger partial charge in [-0.3, -0.25) is 0 Å². The first-order valence-corrected chi connectivity index (χ1v) is 8.02. The molecule has 1 aromatic carbocycles. The molecule has 0 spiro atoms. The van der Waals surface area contributed by atoms with Crippen LogP contribution in [0, 0.1) is 0 Å². The molecule has 0 radical (unpaired) electrons. The lowest BCUT2D eigenvalue weighted by molar-refractivity contribution is -0.137. The molecule has 1 aromatic rings. The number of hydrogen-bond donors (Lipinski definition) is 1. The first-order valence-electron chi connectivity index (χ1n) is 7.23. The van der Waals surface area contributed by atoms with Crippen molar-refractivity contribution in [2.75, 3.05) is 18.0 Å². The second kappa shape index (κ2) is 6.57. The van der Waals surface area contributed by atoms with Crippen LogP contribution in [0.15, 0.2) is 22.7 Å². The molecule has 2 unspecified atom stereocenters. The van der Waals surface area contributed by atoms with E-state index in [1.807, 2.05) is 0 Å². The molecular weight excluding hydrogens is 345 g/mol. The monoisotopic (exact) mass is 364 g/mol. The molecule has 1 aliphatic rings. The Balaban J connectivity index is 2.37. The van der Waals surface area contributed by atoms with Crippen LogP contribution >= 0.6 is 15.9 Å². The third kappa shape index (κ3) is 3.72. The molecule has 1 fully saturated rings. The van der Waals surface area contributed by atoms with Gasteiger partial charge in [0, 0.05) is 29.6 Å². The maximum absolute atomic E-state index is 12.9. The molecule has 2 rings (SSSR count). The van der Waals surface area contributed by atoms with E-state index in [0.717, 1.165) is 32.0 Å². The van der Waals surface area contributed by atoms with Crippen LogP contribution < -0.4 is 10.2 Å². The van der Waals surface area contributed by atoms with Crippen LogP contribution in [0.1, 0.15) is 32.3 Å². The van der Waals surface area contributed by atoms with E-state index in [1.165, 1.54) is 12.1 Å². The Labute approximate surface area is 131 Å². The highest BCUT2D eigenvalue weighted by Gasteiger charge is 2.33. The molecular formula is C15H20BrF3N2. The lowest BCUT2D eigenvalue weighted by Crippen LogP contribution is -2.56. The molecule has 2 atom stereocenters. The molecule has 1 N–H and O–H groups in total. The van der Waals surface area contributed by atoms with Gasteiger partial charge >= 0.3 is 6.18 Å². The van der Waals surface area contributed by atoms with Crippen molar-refractivity contribution < 1.29 is 13.2 Å². The van der Waals surface area contributed by atoms with Crippen molar-refractivity contribution in [3.63, 3.8) is 0 Å². The summed E-state index contributed by atoms with van der Waals surface area (Å²) in [7, 11) is 0. The normalized spacial score (nSPS) is 23.4. The van der Waals surface area contributed by atoms with Crippen molar-refractivity contribution in [2.24, 2.45) is 0 Å². The Hall–Kier alpha value is -0.750. The van der Waals surface area contributed by atoms with Crippen LogP contribution in [-0.2, 0) is 6.18 Å². The quantitative estimate of drug-likeness (QED) is 0.852. The topological polar surface area (TPSA) is 15.3 Å². The number of benzene rings is 1. The Kier molecular flexibility index (Phi) is 5.20. The van der Waals surface area contributed by atoms with Gasteiger partial charge in [0.15, 0.2) is 0 Å². The summed E-state index contributed by atoms with van der Waals surface area (Å²) in [6, 6.07) is 4.40. The largest absolute Gasteiger partial charge is 0.416 e. The van der Waals surface area contributed by atoms with Crippen molar-refractivity contribution in [1.82, 2.24) is 5.32 Å². The summed E-state index contributed by atoms with van der Waals surface area (Å²) in [5.41, 5.74) is 0.0405. The third-order valence-corrected chi connectivity index (χ3v) is 4.72. The van der Waals surface area contributed by atoms with Gasteiger partial charge < -0.3 is 10.2 Å². The maximum atomic E-state index is 12.9. The summed E-state index contributed by atoms with van der Waals surface area (Å²) in [6.45, 7) is 5.68. The van der Waals surface area contributed by atoms with E-state index in [9.17, 15) is 13.2 Å². The van der Waals surface area contributed by atoms with E-state index in [-0.39, 0.29) is 6.04 Å². The van der Waals surface area contributed by atoms with Crippen LogP contribution in [-0.4, -0.2) is 25.2 Å². The molecule has 1 heterocycles. The van der Waals surface area contributed by atoms with Gasteiger partial charge in [0.25, 0.3) is 0 Å². The number of alkyl halides is 3. The van der Waals surface area contributed by atoms with Gasteiger partial charge in [-0.25, -0.2) is 0 Å². The Morgan fingerprint density at radius 3 is 2.57 bits per heavy atom. The first-order chi connectivity index (χ1) is 9.86. The Morgan fingerprint density at radius 2 is 2.00 bits per heavy atom. The van der Waals surface area contributed by atoms with Gasteiger partial charge in [-0.15, -0.1) is 0 Å². The van der Waals surface area contributed by atoms with Gasteiger partial charge in [-0.1, -0.05) is 13.8 Å². The third-order valence-electron chi connectivity index (χ3n) is 4.05. The zero-order chi connectivity index (χ0) is 15.6. The van der Waals surface area contributed by atoms with Gasteiger partial charge in [0.1, 0.15) is 0 Å². The second-order valence-corrected chi connectivity index (χ2v) is 6.25. The molecule has 1 aliphatic heterocycles. The molecule has 6 heteroatoms. The predicted octanol–water partition coefficient (Wildman–Crippen LogP) is 4.43. The molecule has 2 nitrogen and oxygen atoms in total. The summed E-state index contributed by atoms with van der Waals surface area (Å²) in [6.07, 6.45) is -2.45. The Bertz CT molecular complexity index is 490. The van der Waals surface area contributed by atoms with Crippen LogP contribution in [0.4, 0.5) is 18.9 Å². The van der Waals surface area contributed by atoms with Gasteiger partial charge in [0.05, 0.1) is 11.3 Å². The highest BCUT2D eigenvalue weighted by molar-refractivity contribution is 9.10. The maximum Gasteiger partial charge on any atom is 0.416 e. The summed E-state index contributed by atoms with van der Waals surface area (Å²) >= 11 is 3.40. The SMILES string of the molecule is CCC1CN(c2cc(C(F)(F)F)ccc2Br)C(CC)CN1. The van der Waals surface area contributed by atoms with Crippen molar-refractivity contribution in [1.29, 1.82) is 0 Å². The van der Waals surface area contributed by atoms with Crippen molar-refractivity contribution in [2.45, 2.75) is 44.9 Å². The average molecular weight is 365 g/mol. The van der Waals surface area contributed by atoms with E-state index >= 15 is 0 Å². The molecule has 0 saturated carbocycles. The fraction of sp³-hybridized carbons (Fsp3) is 0.600. The molecule has 0 aromatic heterocycles. The van der Waals surface area contributed by atoms with Crippen LogP contribution in [0.25, 0.3) is 0 Å². The Morgan fingerprint density at radius 1 is 1.29 bits per heavy atom. The first kappa shape index (κ1) is 16.6. The minimum atomic E-state index is -4.31. The standard InChI is InChI=1S/C15H20BrF3N2/c1-3-11-9-21(12(4-2)8-20-11)14-7-10(15(17,18)19)5-6-13(14)16/h5-7,11-12,20H,3-4,8-9H2,1-2H3. The summed E-state index contributed by atoms with van der Waals surface area (Å²) < 4.78 is 39.5. The van der Waals surface area contributed by atoms with Crippen LogP contribution in [0.5, 0.6) is 0 Å². The van der Waals surface area contributed by atoms with Gasteiger partial charge in [-0.05, 0) is 47.0 Å². The zero-order valence-corrected chi connectivity index (χ0v) is 13.8. The minimum Gasteiger partial charge on any atom is -0.365 e. The molecule has 118 valence electrons. The summed E-state index contributed by atoms with van der Waals surface area (Å²) in [5.74, 6) is 0. The van der Waals surface area contributed by atoms with Crippen molar-refractivity contribution in [3.05, 3.63) is 28.2 Å². The lowest BCUT2D eigenvalue weighted by atomic mass is 10.0. The lowest BCUT2D eigenvalue weighted by Gasteiger charge is -2.42. The van der Waals surface area contributed by atoms with E-state index in [4.69, 9.17) is 0 Å². The number of hydrogen-bond acceptors (Lipinski definition) is 2.